The fraction of sp³-hybridized carbons (Fsp3) is 0.750. The average molecular weight is 1230 g/mol. The quantitative estimate of drug-likeness (QED) is 0.0448. The summed E-state index contributed by atoms with van der Waals surface area (Å²) >= 11 is 0. The van der Waals surface area contributed by atoms with E-state index in [0.717, 1.165) is 38.8 Å². The first kappa shape index (κ1) is 84.3. The lowest BCUT2D eigenvalue weighted by atomic mass is 10.0. The molecule has 0 aliphatic carbocycles. The van der Waals surface area contributed by atoms with Crippen LogP contribution in [0, 0.1) is 17.8 Å². The second-order valence-electron chi connectivity index (χ2n) is 21.0. The van der Waals surface area contributed by atoms with Gasteiger partial charge >= 0.3 is 59.7 Å². The first-order valence-electron chi connectivity index (χ1n) is 27.4. The minimum Gasteiger partial charge on any atom is -0.480 e. The van der Waals surface area contributed by atoms with Gasteiger partial charge in [-0.25, -0.2) is 14.4 Å². The number of rotatable bonds is 25. The summed E-state index contributed by atoms with van der Waals surface area (Å²) in [6, 6.07) is -5.43. The number of primary amides is 1. The highest BCUT2D eigenvalue weighted by molar-refractivity contribution is 5.88. The Bertz CT molecular complexity index is 2030. The molecule has 4 rings (SSSR count). The van der Waals surface area contributed by atoms with E-state index >= 15 is 0 Å². The van der Waals surface area contributed by atoms with Gasteiger partial charge in [-0.15, -0.1) is 0 Å². The number of carbonyl (C=O) groups excluding carboxylic acids is 4. The molecule has 4 fully saturated rings. The highest BCUT2D eigenvalue weighted by Gasteiger charge is 2.32. The normalized spacial score (nSPS) is 19.3. The van der Waals surface area contributed by atoms with Gasteiger partial charge in [0.1, 0.15) is 54.4 Å². The Morgan fingerprint density at radius 1 is 0.553 bits per heavy atom. The molecule has 0 aromatic rings. The van der Waals surface area contributed by atoms with Gasteiger partial charge in [-0.1, -0.05) is 41.5 Å². The molecule has 85 heavy (non-hydrogen) atoms. The third-order valence-corrected chi connectivity index (χ3v) is 12.0. The zero-order valence-corrected chi connectivity index (χ0v) is 50.2. The average Bonchev–Trinajstić information content (AvgIpc) is 4.37. The van der Waals surface area contributed by atoms with E-state index in [0.29, 0.717) is 56.8 Å². The smallest absolute Gasteiger partial charge is 0.346 e. The summed E-state index contributed by atoms with van der Waals surface area (Å²) in [5, 5.41) is 92.4. The van der Waals surface area contributed by atoms with Gasteiger partial charge in [-0.3, -0.25) is 52.8 Å². The molecule has 0 saturated carbocycles. The molecule has 21 N–H and O–H groups in total. The van der Waals surface area contributed by atoms with Crippen molar-refractivity contribution in [2.75, 3.05) is 40.8 Å². The Morgan fingerprint density at radius 2 is 0.965 bits per heavy atom. The van der Waals surface area contributed by atoms with Gasteiger partial charge in [0.05, 0.1) is 0 Å². The Hall–Kier alpha value is -7.17. The number of carboxylic acids is 9. The maximum atomic E-state index is 11.8. The van der Waals surface area contributed by atoms with E-state index < -0.39 is 108 Å². The van der Waals surface area contributed by atoms with Gasteiger partial charge in [0.15, 0.2) is 0 Å². The maximum absolute atomic E-state index is 11.8. The van der Waals surface area contributed by atoms with Crippen LogP contribution in [-0.2, 0) is 67.1 Å². The van der Waals surface area contributed by atoms with E-state index in [1.807, 2.05) is 41.5 Å². The van der Waals surface area contributed by atoms with Crippen molar-refractivity contribution in [1.82, 2.24) is 36.8 Å². The number of likely N-dealkylation sites (N-methyl/N-ethyl adjacent to an activating group) is 3. The van der Waals surface area contributed by atoms with E-state index in [2.05, 4.69) is 31.9 Å². The van der Waals surface area contributed by atoms with Crippen molar-refractivity contribution in [3.8, 4) is 0 Å². The SMILES string of the molecule is CC(C)CC(N)C(=O)O.CC(C)C[C@@H](C(=O)O)N(C)C[C@H](OC(=O)C(N)CCC(N)=O)C(=O)O.CNC(CC(C)C)C(=O)O.CN[C@@H](C)C(=O)O.O=C(O)C1CCCN1.O=C(O)[C@@H]1CCCN1.O=C1CC[C@@H](C(=O)O)N1.O=C1CC[C@@H](C(=O)O)N1. The number of nitrogens with one attached hydrogen (secondary N) is 6. The van der Waals surface area contributed by atoms with Crippen LogP contribution >= 0.6 is 0 Å². The van der Waals surface area contributed by atoms with Gasteiger partial charge in [-0.05, 0) is 123 Å². The molecular formula is C52H96N10O23. The first-order valence-corrected chi connectivity index (χ1v) is 27.4. The van der Waals surface area contributed by atoms with Crippen molar-refractivity contribution in [3.05, 3.63) is 0 Å². The summed E-state index contributed by atoms with van der Waals surface area (Å²) in [7, 11) is 4.72. The summed E-state index contributed by atoms with van der Waals surface area (Å²) < 4.78 is 4.86. The number of esters is 1. The lowest BCUT2D eigenvalue weighted by molar-refractivity contribution is -0.167. The van der Waals surface area contributed by atoms with E-state index in [-0.39, 0.29) is 55.2 Å². The standard InChI is InChI=1S/C15H27N3O7.C7H15NO2.C6H13NO2.2C5H7NO3.2C5H9NO2.C4H9NO2/c1-8(2)6-10(13(20)21)18(3)7-11(14(22)23)25-15(24)9(16)4-5-12(17)19;1-5(2)4-6(8-3)7(9)10;1-4(2)3-5(7)6(8)9;2*7-4-2-1-3(6-4)5(8)9;2*7-5(8)4-2-1-3-6-4;1-3(5-2)4(6)7/h8-11H,4-7,16H2,1-3H3,(H2,17,19)(H,20,21)(H,22,23);5-6,8H,4H2,1-3H3,(H,9,10);4-5H,3,7H2,1-2H3,(H,8,9);2*3H,1-2H2,(H,6,7)(H,8,9);2*4,6H,1-3H2,(H,7,8);3,5H,1-2H3,(H,6,7)/t9?,10-,11-;;;2*3-;4-;;3-/m0..000.0/s1. The molecule has 3 amide bonds. The topological polar surface area (TPSA) is 567 Å². The Morgan fingerprint density at radius 3 is 1.15 bits per heavy atom. The maximum Gasteiger partial charge on any atom is 0.346 e. The van der Waals surface area contributed by atoms with Crippen molar-refractivity contribution < 1.29 is 113 Å². The van der Waals surface area contributed by atoms with Gasteiger partial charge in [0.25, 0.3) is 0 Å². The van der Waals surface area contributed by atoms with Crippen LogP contribution in [0.3, 0.4) is 0 Å². The molecule has 0 radical (unpaired) electrons. The number of carbonyl (C=O) groups is 13. The molecule has 492 valence electrons. The van der Waals surface area contributed by atoms with Crippen molar-refractivity contribution in [2.45, 2.75) is 192 Å². The van der Waals surface area contributed by atoms with Gasteiger partial charge in [0.2, 0.25) is 23.8 Å². The third-order valence-electron chi connectivity index (χ3n) is 12.0. The number of amides is 3. The van der Waals surface area contributed by atoms with Crippen molar-refractivity contribution in [2.24, 2.45) is 35.0 Å². The molecule has 33 heteroatoms. The lowest BCUT2D eigenvalue weighted by Crippen LogP contribution is -2.47. The minimum atomic E-state index is -1.58. The summed E-state index contributed by atoms with van der Waals surface area (Å²) in [4.78, 5) is 138. The second kappa shape index (κ2) is 47.1. The van der Waals surface area contributed by atoms with Gasteiger partial charge < -0.3 is 99.8 Å². The molecule has 0 bridgehead atoms. The highest BCUT2D eigenvalue weighted by atomic mass is 16.6. The van der Waals surface area contributed by atoms with Crippen molar-refractivity contribution >= 4 is 77.4 Å². The monoisotopic (exact) mass is 1230 g/mol. The summed E-state index contributed by atoms with van der Waals surface area (Å²) in [5.74, 6) is -9.44. The number of carboxylic acid groups (broad SMARTS) is 9. The van der Waals surface area contributed by atoms with Gasteiger partial charge in [0, 0.05) is 25.8 Å². The Kier molecular flexibility index (Phi) is 46.7. The Balaban J connectivity index is -0.000000464. The van der Waals surface area contributed by atoms with Crippen LogP contribution in [-0.4, -0.2) is 230 Å². The summed E-state index contributed by atoms with van der Waals surface area (Å²) in [6.07, 6.45) is 4.87. The first-order chi connectivity index (χ1) is 39.2. The third kappa shape index (κ3) is 45.0. The highest BCUT2D eigenvalue weighted by Crippen LogP contribution is 2.13. The molecule has 4 heterocycles. The van der Waals surface area contributed by atoms with Crippen LogP contribution in [0.2, 0.25) is 0 Å². The number of nitrogens with two attached hydrogens (primary N) is 3. The van der Waals surface area contributed by atoms with Crippen molar-refractivity contribution in [1.29, 1.82) is 0 Å². The number of hydrogen-bond donors (Lipinski definition) is 18. The fourth-order valence-corrected chi connectivity index (χ4v) is 7.05. The minimum absolute atomic E-state index is 0.0680. The second-order valence-corrected chi connectivity index (χ2v) is 21.0. The largest absolute Gasteiger partial charge is 0.480 e. The number of aliphatic carboxylic acids is 9. The van der Waals surface area contributed by atoms with Crippen molar-refractivity contribution in [3.63, 3.8) is 0 Å². The molecule has 33 nitrogen and oxygen atoms in total. The van der Waals surface area contributed by atoms with Crippen LogP contribution in [0.15, 0.2) is 0 Å². The van der Waals surface area contributed by atoms with E-state index in [4.69, 9.17) is 57.7 Å². The van der Waals surface area contributed by atoms with E-state index in [1.165, 1.54) is 11.9 Å². The molecule has 4 aliphatic heterocycles. The predicted molar refractivity (Wildman–Crippen MR) is 304 cm³/mol. The Labute approximate surface area is 494 Å². The summed E-state index contributed by atoms with van der Waals surface area (Å²) in [6.45, 7) is 14.6. The van der Waals surface area contributed by atoms with Crippen LogP contribution in [0.25, 0.3) is 0 Å². The van der Waals surface area contributed by atoms with Crippen LogP contribution in [0.1, 0.15) is 132 Å². The summed E-state index contributed by atoms with van der Waals surface area (Å²) in [5.41, 5.74) is 15.7. The fourth-order valence-electron chi connectivity index (χ4n) is 7.05. The van der Waals surface area contributed by atoms with E-state index in [9.17, 15) is 72.5 Å². The lowest BCUT2D eigenvalue weighted by Gasteiger charge is -2.28. The van der Waals surface area contributed by atoms with Crippen LogP contribution in [0.5, 0.6) is 0 Å². The number of ether oxygens (including phenoxy) is 1. The molecular weight excluding hydrogens is 1130 g/mol. The molecule has 10 atom stereocenters. The van der Waals surface area contributed by atoms with Crippen LogP contribution < -0.4 is 49.1 Å². The molecule has 0 aromatic carbocycles. The van der Waals surface area contributed by atoms with E-state index in [1.54, 1.807) is 21.0 Å². The zero-order valence-electron chi connectivity index (χ0n) is 50.2. The zero-order chi connectivity index (χ0) is 66.9. The molecule has 4 unspecified atom stereocenters. The van der Waals surface area contributed by atoms with Gasteiger partial charge in [-0.2, -0.15) is 0 Å². The number of nitrogens with zero attached hydrogens (tertiary/aromatic N) is 1. The van der Waals surface area contributed by atoms with Crippen LogP contribution in [0.4, 0.5) is 0 Å². The number of hydrogen-bond acceptors (Lipinski definition) is 21. The molecule has 0 spiro atoms. The molecule has 4 aliphatic rings. The molecule has 0 aromatic heterocycles. The molecule has 4 saturated heterocycles. The predicted octanol–water partition coefficient (Wildman–Crippen LogP) is -1.82.